The number of quaternary nitrogens is 1. The van der Waals surface area contributed by atoms with Crippen LogP contribution in [-0.4, -0.2) is 51.2 Å². The van der Waals surface area contributed by atoms with E-state index in [1.54, 1.807) is 48.5 Å². The molecule has 0 unspecified atom stereocenters. The Labute approximate surface area is 169 Å². The van der Waals surface area contributed by atoms with Crippen LogP contribution in [0.4, 0.5) is 4.39 Å². The summed E-state index contributed by atoms with van der Waals surface area (Å²) >= 11 is 0. The van der Waals surface area contributed by atoms with E-state index in [1.165, 1.54) is 17.0 Å². The molecule has 0 aromatic heterocycles. The Morgan fingerprint density at radius 1 is 1.03 bits per heavy atom. The summed E-state index contributed by atoms with van der Waals surface area (Å²) in [6.45, 7) is 4.44. The Balaban J connectivity index is 1.70. The molecular formula is C22H25FN3O3+. The third-order valence-electron chi connectivity index (χ3n) is 4.70. The lowest BCUT2D eigenvalue weighted by Crippen LogP contribution is -3.14. The summed E-state index contributed by atoms with van der Waals surface area (Å²) in [5.41, 5.74) is 0.642. The van der Waals surface area contributed by atoms with E-state index in [0.29, 0.717) is 12.1 Å². The molecule has 1 aliphatic heterocycles. The van der Waals surface area contributed by atoms with Crippen molar-refractivity contribution in [3.05, 3.63) is 77.2 Å². The van der Waals surface area contributed by atoms with E-state index in [0.717, 1.165) is 32.8 Å². The lowest BCUT2D eigenvalue weighted by molar-refractivity contribution is -0.906. The fourth-order valence-electron chi connectivity index (χ4n) is 3.05. The number of benzene rings is 2. The number of halogens is 1. The van der Waals surface area contributed by atoms with Gasteiger partial charge in [-0.2, -0.15) is 0 Å². The van der Waals surface area contributed by atoms with Crippen molar-refractivity contribution < 1.29 is 23.6 Å². The summed E-state index contributed by atoms with van der Waals surface area (Å²) in [6.07, 6.45) is 1.35. The highest BCUT2D eigenvalue weighted by Gasteiger charge is 2.17. The van der Waals surface area contributed by atoms with E-state index in [2.05, 4.69) is 10.6 Å². The number of hydrogen-bond donors (Lipinski definition) is 3. The van der Waals surface area contributed by atoms with E-state index >= 15 is 0 Å². The maximum Gasteiger partial charge on any atom is 0.268 e. The fourth-order valence-corrected chi connectivity index (χ4v) is 3.05. The van der Waals surface area contributed by atoms with Gasteiger partial charge in [0.25, 0.3) is 11.8 Å². The zero-order valence-electron chi connectivity index (χ0n) is 16.1. The zero-order valence-corrected chi connectivity index (χ0v) is 16.1. The maximum atomic E-state index is 14.1. The smallest absolute Gasteiger partial charge is 0.268 e. The molecule has 2 aromatic rings. The van der Waals surface area contributed by atoms with Gasteiger partial charge in [-0.3, -0.25) is 9.59 Å². The Hall–Kier alpha value is -3.03. The Morgan fingerprint density at radius 2 is 1.72 bits per heavy atom. The van der Waals surface area contributed by atoms with Crippen molar-refractivity contribution in [2.45, 2.75) is 0 Å². The predicted molar refractivity (Wildman–Crippen MR) is 108 cm³/mol. The van der Waals surface area contributed by atoms with Crippen LogP contribution in [0.1, 0.15) is 15.9 Å². The molecule has 152 valence electrons. The van der Waals surface area contributed by atoms with Crippen LogP contribution < -0.4 is 15.5 Å². The summed E-state index contributed by atoms with van der Waals surface area (Å²) in [4.78, 5) is 26.6. The number of carbonyl (C=O) groups excluding carboxylic acids is 2. The average molecular weight is 398 g/mol. The number of hydrogen-bond acceptors (Lipinski definition) is 3. The summed E-state index contributed by atoms with van der Waals surface area (Å²) in [7, 11) is 0. The van der Waals surface area contributed by atoms with Crippen LogP contribution in [0, 0.1) is 5.82 Å². The largest absolute Gasteiger partial charge is 0.370 e. The van der Waals surface area contributed by atoms with Crippen molar-refractivity contribution in [3.63, 3.8) is 0 Å². The van der Waals surface area contributed by atoms with Crippen molar-refractivity contribution in [1.82, 2.24) is 10.6 Å². The van der Waals surface area contributed by atoms with Gasteiger partial charge in [0.2, 0.25) is 0 Å². The fraction of sp³-hybridized carbons (Fsp3) is 0.273. The standard InChI is InChI=1S/C22H24FN3O3/c23-19-9-5-4-8-18(19)16-20(25-21(27)17-6-2-1-3-7-17)22(28)24-10-11-26-12-14-29-15-13-26/h1-9,16H,10-15H2,(H,24,28)(H,25,27)/p+1/b20-16+. The molecule has 7 heteroatoms. The Bertz CT molecular complexity index is 865. The van der Waals surface area contributed by atoms with Gasteiger partial charge in [0, 0.05) is 11.1 Å². The van der Waals surface area contributed by atoms with Gasteiger partial charge < -0.3 is 20.3 Å². The lowest BCUT2D eigenvalue weighted by atomic mass is 10.1. The molecule has 0 bridgehead atoms. The number of ether oxygens (including phenoxy) is 1. The molecule has 0 spiro atoms. The average Bonchev–Trinajstić information content (AvgIpc) is 2.76. The molecule has 1 heterocycles. The number of amides is 2. The molecule has 3 rings (SSSR count). The van der Waals surface area contributed by atoms with Crippen molar-refractivity contribution in [2.75, 3.05) is 39.4 Å². The quantitative estimate of drug-likeness (QED) is 0.599. The number of nitrogens with one attached hydrogen (secondary N) is 3. The number of morpholine rings is 1. The van der Waals surface area contributed by atoms with Crippen LogP contribution in [0.3, 0.4) is 0 Å². The maximum absolute atomic E-state index is 14.1. The molecule has 0 atom stereocenters. The first-order valence-electron chi connectivity index (χ1n) is 9.65. The van der Waals surface area contributed by atoms with Gasteiger partial charge >= 0.3 is 0 Å². The van der Waals surface area contributed by atoms with Crippen molar-refractivity contribution in [3.8, 4) is 0 Å². The summed E-state index contributed by atoms with van der Waals surface area (Å²) < 4.78 is 19.4. The highest BCUT2D eigenvalue weighted by Crippen LogP contribution is 2.11. The highest BCUT2D eigenvalue weighted by molar-refractivity contribution is 6.05. The summed E-state index contributed by atoms with van der Waals surface area (Å²) in [6, 6.07) is 14.7. The van der Waals surface area contributed by atoms with Gasteiger partial charge in [-0.15, -0.1) is 0 Å². The van der Waals surface area contributed by atoms with Gasteiger partial charge in [0.15, 0.2) is 0 Å². The molecule has 2 aromatic carbocycles. The van der Waals surface area contributed by atoms with Crippen molar-refractivity contribution >= 4 is 17.9 Å². The van der Waals surface area contributed by atoms with E-state index < -0.39 is 17.6 Å². The lowest BCUT2D eigenvalue weighted by Gasteiger charge is -2.23. The van der Waals surface area contributed by atoms with Crippen molar-refractivity contribution in [1.29, 1.82) is 0 Å². The molecule has 0 aliphatic carbocycles. The van der Waals surface area contributed by atoms with E-state index in [-0.39, 0.29) is 11.3 Å². The third-order valence-corrected chi connectivity index (χ3v) is 4.70. The van der Waals surface area contributed by atoms with Crippen LogP contribution in [0.5, 0.6) is 0 Å². The molecule has 3 N–H and O–H groups in total. The van der Waals surface area contributed by atoms with E-state index in [9.17, 15) is 14.0 Å². The van der Waals surface area contributed by atoms with Gasteiger partial charge in [0.1, 0.15) is 24.6 Å². The summed E-state index contributed by atoms with van der Waals surface area (Å²) in [5, 5.41) is 5.43. The predicted octanol–water partition coefficient (Wildman–Crippen LogP) is 0.628. The van der Waals surface area contributed by atoms with Crippen LogP contribution in [-0.2, 0) is 9.53 Å². The molecule has 1 saturated heterocycles. The number of carbonyl (C=O) groups is 2. The Morgan fingerprint density at radius 3 is 2.45 bits per heavy atom. The van der Waals surface area contributed by atoms with Gasteiger partial charge in [-0.05, 0) is 24.3 Å². The SMILES string of the molecule is O=C(NCC[NH+]1CCOCC1)/C(=C\c1ccccc1F)NC(=O)c1ccccc1. The second-order valence-corrected chi connectivity index (χ2v) is 6.77. The second kappa shape index (κ2) is 10.5. The van der Waals surface area contributed by atoms with Gasteiger partial charge in [0.05, 0.1) is 26.3 Å². The molecule has 2 amide bonds. The molecule has 6 nitrogen and oxygen atoms in total. The highest BCUT2D eigenvalue weighted by atomic mass is 19.1. The molecule has 29 heavy (non-hydrogen) atoms. The minimum absolute atomic E-state index is 0.000862. The van der Waals surface area contributed by atoms with E-state index in [4.69, 9.17) is 4.74 Å². The molecule has 1 fully saturated rings. The molecular weight excluding hydrogens is 373 g/mol. The minimum Gasteiger partial charge on any atom is -0.370 e. The molecule has 1 aliphatic rings. The summed E-state index contributed by atoms with van der Waals surface area (Å²) in [5.74, 6) is -1.35. The first kappa shape index (κ1) is 20.7. The minimum atomic E-state index is -0.468. The van der Waals surface area contributed by atoms with Crippen LogP contribution >= 0.6 is 0 Å². The van der Waals surface area contributed by atoms with Crippen LogP contribution in [0.15, 0.2) is 60.3 Å². The first-order valence-corrected chi connectivity index (χ1v) is 9.65. The monoisotopic (exact) mass is 398 g/mol. The third kappa shape index (κ3) is 6.23. The molecule has 0 radical (unpaired) electrons. The second-order valence-electron chi connectivity index (χ2n) is 6.77. The van der Waals surface area contributed by atoms with Crippen molar-refractivity contribution in [2.24, 2.45) is 0 Å². The van der Waals surface area contributed by atoms with Crippen LogP contribution in [0.2, 0.25) is 0 Å². The number of rotatable bonds is 7. The van der Waals surface area contributed by atoms with Gasteiger partial charge in [-0.25, -0.2) is 4.39 Å². The zero-order chi connectivity index (χ0) is 20.5. The van der Waals surface area contributed by atoms with Crippen LogP contribution in [0.25, 0.3) is 6.08 Å². The Kier molecular flexibility index (Phi) is 7.49. The normalized spacial score (nSPS) is 15.0. The molecule has 0 saturated carbocycles. The first-order chi connectivity index (χ1) is 14.1. The topological polar surface area (TPSA) is 71.9 Å². The van der Waals surface area contributed by atoms with Gasteiger partial charge in [-0.1, -0.05) is 36.4 Å². The van der Waals surface area contributed by atoms with E-state index in [1.807, 2.05) is 0 Å².